The Balaban J connectivity index is 2.13. The van der Waals surface area contributed by atoms with E-state index in [2.05, 4.69) is 15.4 Å². The third kappa shape index (κ3) is 6.24. The predicted molar refractivity (Wildman–Crippen MR) is 112 cm³/mol. The molecule has 152 valence electrons. The third-order valence-corrected chi connectivity index (χ3v) is 6.40. The normalized spacial score (nSPS) is 12.2. The molecule has 0 radical (unpaired) electrons. The van der Waals surface area contributed by atoms with Gasteiger partial charge >= 0.3 is 6.03 Å². The lowest BCUT2D eigenvalue weighted by Crippen LogP contribution is -2.34. The molecule has 0 bridgehead atoms. The van der Waals surface area contributed by atoms with Crippen molar-refractivity contribution in [3.05, 3.63) is 46.2 Å². The summed E-state index contributed by atoms with van der Waals surface area (Å²) in [5, 5.41) is 7.19. The van der Waals surface area contributed by atoms with Gasteiger partial charge in [0.15, 0.2) is 0 Å². The van der Waals surface area contributed by atoms with Crippen LogP contribution in [0, 0.1) is 6.92 Å². The smallest absolute Gasteiger partial charge is 0.312 e. The molecule has 3 amide bonds. The van der Waals surface area contributed by atoms with Gasteiger partial charge in [0.2, 0.25) is 15.9 Å². The number of anilines is 2. The summed E-state index contributed by atoms with van der Waals surface area (Å²) in [6, 6.07) is 7.37. The van der Waals surface area contributed by atoms with E-state index in [-0.39, 0.29) is 18.1 Å². The Labute approximate surface area is 168 Å². The fourth-order valence-electron chi connectivity index (χ4n) is 2.64. The highest BCUT2D eigenvalue weighted by atomic mass is 32.2. The Hall–Kier alpha value is -2.59. The molecule has 0 aliphatic carbocycles. The van der Waals surface area contributed by atoms with Gasteiger partial charge in [-0.3, -0.25) is 9.52 Å². The SMILES string of the molecule is CCCS(=O)(=O)Nc1cccc(NC(=O)CC(NC(N)=O)c2cccs2)c1C. The number of nitrogens with one attached hydrogen (secondary N) is 3. The van der Waals surface area contributed by atoms with Crippen LogP contribution in [-0.2, 0) is 14.8 Å². The molecule has 0 saturated heterocycles. The number of primary amides is 1. The second-order valence-electron chi connectivity index (χ2n) is 6.23. The van der Waals surface area contributed by atoms with Crippen molar-refractivity contribution in [3.8, 4) is 0 Å². The second-order valence-corrected chi connectivity index (χ2v) is 9.05. The zero-order valence-electron chi connectivity index (χ0n) is 15.7. The fraction of sp³-hybridized carbons (Fsp3) is 0.333. The van der Waals surface area contributed by atoms with Gasteiger partial charge in [-0.2, -0.15) is 0 Å². The van der Waals surface area contributed by atoms with E-state index < -0.39 is 22.1 Å². The number of rotatable bonds is 9. The molecule has 8 nitrogen and oxygen atoms in total. The quantitative estimate of drug-likeness (QED) is 0.493. The van der Waals surface area contributed by atoms with E-state index in [4.69, 9.17) is 5.73 Å². The monoisotopic (exact) mass is 424 g/mol. The van der Waals surface area contributed by atoms with Gasteiger partial charge in [-0.05, 0) is 42.5 Å². The van der Waals surface area contributed by atoms with E-state index in [9.17, 15) is 18.0 Å². The number of thiophene rings is 1. The number of nitrogens with two attached hydrogens (primary N) is 1. The molecule has 0 aliphatic rings. The molecule has 1 heterocycles. The van der Waals surface area contributed by atoms with Crippen molar-refractivity contribution in [2.45, 2.75) is 32.7 Å². The van der Waals surface area contributed by atoms with Crippen molar-refractivity contribution in [2.75, 3.05) is 15.8 Å². The molecule has 0 aliphatic heterocycles. The molecule has 1 aromatic carbocycles. The van der Waals surface area contributed by atoms with Crippen LogP contribution >= 0.6 is 11.3 Å². The van der Waals surface area contributed by atoms with Crippen LogP contribution in [-0.4, -0.2) is 26.1 Å². The lowest BCUT2D eigenvalue weighted by molar-refractivity contribution is -0.116. The summed E-state index contributed by atoms with van der Waals surface area (Å²) in [7, 11) is -3.44. The summed E-state index contributed by atoms with van der Waals surface area (Å²) < 4.78 is 26.6. The Morgan fingerprint density at radius 1 is 1.18 bits per heavy atom. The Kier molecular flexibility index (Phi) is 7.41. The van der Waals surface area contributed by atoms with Gasteiger partial charge in [0.1, 0.15) is 0 Å². The lowest BCUT2D eigenvalue weighted by Gasteiger charge is -2.17. The van der Waals surface area contributed by atoms with Crippen LogP contribution in [0.1, 0.15) is 36.2 Å². The molecule has 0 spiro atoms. The standard InChI is InChI=1S/C18H24N4O4S2/c1-3-10-28(25,26)22-14-7-4-6-13(12(14)2)20-17(23)11-15(21-18(19)24)16-8-5-9-27-16/h4-9,15,22H,3,10-11H2,1-2H3,(H,20,23)(H3,19,21,24). The van der Waals surface area contributed by atoms with E-state index in [0.29, 0.717) is 23.4 Å². The molecular weight excluding hydrogens is 400 g/mol. The van der Waals surface area contributed by atoms with Crippen LogP contribution in [0.15, 0.2) is 35.7 Å². The zero-order valence-corrected chi connectivity index (χ0v) is 17.3. The van der Waals surface area contributed by atoms with Crippen LogP contribution < -0.4 is 21.1 Å². The lowest BCUT2D eigenvalue weighted by atomic mass is 10.1. The van der Waals surface area contributed by atoms with E-state index >= 15 is 0 Å². The Bertz CT molecular complexity index is 927. The minimum absolute atomic E-state index is 0.00527. The number of carbonyl (C=O) groups is 2. The Morgan fingerprint density at radius 3 is 2.50 bits per heavy atom. The summed E-state index contributed by atoms with van der Waals surface area (Å²) in [6.07, 6.45) is 0.496. The number of urea groups is 1. The van der Waals surface area contributed by atoms with Crippen molar-refractivity contribution in [3.63, 3.8) is 0 Å². The van der Waals surface area contributed by atoms with Crippen LogP contribution in [0.4, 0.5) is 16.2 Å². The van der Waals surface area contributed by atoms with Crippen molar-refractivity contribution in [2.24, 2.45) is 5.73 Å². The largest absolute Gasteiger partial charge is 0.352 e. The highest BCUT2D eigenvalue weighted by Gasteiger charge is 2.19. The van der Waals surface area contributed by atoms with E-state index in [1.165, 1.54) is 11.3 Å². The molecule has 5 N–H and O–H groups in total. The molecular formula is C18H24N4O4S2. The molecule has 28 heavy (non-hydrogen) atoms. The van der Waals surface area contributed by atoms with E-state index in [1.54, 1.807) is 32.0 Å². The minimum atomic E-state index is -3.44. The average Bonchev–Trinajstić information content (AvgIpc) is 3.12. The fourth-order valence-corrected chi connectivity index (χ4v) is 4.61. The molecule has 0 saturated carbocycles. The predicted octanol–water partition coefficient (Wildman–Crippen LogP) is 2.95. The maximum atomic E-state index is 12.5. The van der Waals surface area contributed by atoms with Crippen molar-refractivity contribution < 1.29 is 18.0 Å². The van der Waals surface area contributed by atoms with Gasteiger partial charge in [0.05, 0.1) is 23.9 Å². The topological polar surface area (TPSA) is 130 Å². The van der Waals surface area contributed by atoms with Gasteiger partial charge in [-0.1, -0.05) is 19.1 Å². The van der Waals surface area contributed by atoms with Gasteiger partial charge in [-0.25, -0.2) is 13.2 Å². The molecule has 10 heteroatoms. The first kappa shape index (κ1) is 21.7. The number of amides is 3. The summed E-state index contributed by atoms with van der Waals surface area (Å²) in [4.78, 5) is 24.6. The molecule has 0 fully saturated rings. The van der Waals surface area contributed by atoms with E-state index in [0.717, 1.165) is 4.88 Å². The summed E-state index contributed by atoms with van der Waals surface area (Å²) >= 11 is 1.41. The maximum Gasteiger partial charge on any atom is 0.312 e. The van der Waals surface area contributed by atoms with Crippen LogP contribution in [0.5, 0.6) is 0 Å². The van der Waals surface area contributed by atoms with Gasteiger partial charge in [0, 0.05) is 10.6 Å². The Morgan fingerprint density at radius 2 is 1.89 bits per heavy atom. The molecule has 2 aromatic rings. The third-order valence-electron chi connectivity index (χ3n) is 3.94. The number of hydrogen-bond acceptors (Lipinski definition) is 5. The number of benzene rings is 1. The first-order chi connectivity index (χ1) is 13.2. The van der Waals surface area contributed by atoms with Crippen LogP contribution in [0.25, 0.3) is 0 Å². The minimum Gasteiger partial charge on any atom is -0.352 e. The zero-order chi connectivity index (χ0) is 20.7. The van der Waals surface area contributed by atoms with Gasteiger partial charge in [0.25, 0.3) is 0 Å². The van der Waals surface area contributed by atoms with Crippen LogP contribution in [0.2, 0.25) is 0 Å². The molecule has 1 atom stereocenters. The highest BCUT2D eigenvalue weighted by molar-refractivity contribution is 7.92. The van der Waals surface area contributed by atoms with Crippen LogP contribution in [0.3, 0.4) is 0 Å². The summed E-state index contributed by atoms with van der Waals surface area (Å²) in [5.41, 5.74) is 6.72. The van der Waals surface area contributed by atoms with Crippen molar-refractivity contribution in [1.29, 1.82) is 0 Å². The summed E-state index contributed by atoms with van der Waals surface area (Å²) in [6.45, 7) is 3.50. The molecule has 2 rings (SSSR count). The molecule has 1 unspecified atom stereocenters. The second kappa shape index (κ2) is 9.56. The van der Waals surface area contributed by atoms with Crippen molar-refractivity contribution in [1.82, 2.24) is 5.32 Å². The first-order valence-electron chi connectivity index (χ1n) is 8.71. The number of carbonyl (C=O) groups excluding carboxylic acids is 2. The van der Waals surface area contributed by atoms with Gasteiger partial charge in [-0.15, -0.1) is 11.3 Å². The highest BCUT2D eigenvalue weighted by Crippen LogP contribution is 2.26. The first-order valence-corrected chi connectivity index (χ1v) is 11.2. The summed E-state index contributed by atoms with van der Waals surface area (Å²) in [5.74, 6) is -0.312. The van der Waals surface area contributed by atoms with Crippen molar-refractivity contribution >= 4 is 44.7 Å². The molecule has 1 aromatic heterocycles. The maximum absolute atomic E-state index is 12.5. The number of sulfonamides is 1. The van der Waals surface area contributed by atoms with Gasteiger partial charge < -0.3 is 16.4 Å². The van der Waals surface area contributed by atoms with E-state index in [1.807, 2.05) is 17.5 Å². The average molecular weight is 425 g/mol. The number of hydrogen-bond donors (Lipinski definition) is 4.